The number of fused-ring (bicyclic) bond motifs is 3. The average Bonchev–Trinajstić information content (AvgIpc) is 2.76. The van der Waals surface area contributed by atoms with Gasteiger partial charge in [-0.1, -0.05) is 24.3 Å². The SMILES string of the molecule is C=C(Cn1c2c(c3cc(C)ccc31)CCN(C)CC2)c1ccc(C)nc1. The third kappa shape index (κ3) is 3.08. The topological polar surface area (TPSA) is 21.1 Å². The van der Waals surface area contributed by atoms with Gasteiger partial charge in [0.2, 0.25) is 0 Å². The summed E-state index contributed by atoms with van der Waals surface area (Å²) in [6, 6.07) is 11.1. The quantitative estimate of drug-likeness (QED) is 0.702. The largest absolute Gasteiger partial charge is 0.340 e. The van der Waals surface area contributed by atoms with Gasteiger partial charge in [-0.25, -0.2) is 0 Å². The lowest BCUT2D eigenvalue weighted by molar-refractivity contribution is 0.351. The first-order valence-electron chi connectivity index (χ1n) is 9.43. The molecule has 0 atom stereocenters. The van der Waals surface area contributed by atoms with Gasteiger partial charge in [-0.15, -0.1) is 0 Å². The summed E-state index contributed by atoms with van der Waals surface area (Å²) in [4.78, 5) is 6.87. The molecule has 0 aliphatic carbocycles. The van der Waals surface area contributed by atoms with E-state index in [9.17, 15) is 0 Å². The van der Waals surface area contributed by atoms with Crippen molar-refractivity contribution < 1.29 is 0 Å². The van der Waals surface area contributed by atoms with Crippen molar-refractivity contribution in [3.05, 3.63) is 71.2 Å². The van der Waals surface area contributed by atoms with Crippen LogP contribution in [0.4, 0.5) is 0 Å². The van der Waals surface area contributed by atoms with Crippen molar-refractivity contribution in [2.24, 2.45) is 0 Å². The molecular weight excluding hydrogens is 318 g/mol. The van der Waals surface area contributed by atoms with Crippen molar-refractivity contribution in [1.82, 2.24) is 14.5 Å². The molecule has 3 heterocycles. The molecule has 0 saturated heterocycles. The molecule has 1 aromatic carbocycles. The zero-order valence-electron chi connectivity index (χ0n) is 16.0. The molecule has 0 saturated carbocycles. The summed E-state index contributed by atoms with van der Waals surface area (Å²) in [7, 11) is 2.22. The summed E-state index contributed by atoms with van der Waals surface area (Å²) in [5.41, 5.74) is 8.97. The van der Waals surface area contributed by atoms with E-state index in [1.807, 2.05) is 13.1 Å². The second-order valence-electron chi connectivity index (χ2n) is 7.63. The normalized spacial score (nSPS) is 15.0. The van der Waals surface area contributed by atoms with Gasteiger partial charge in [-0.3, -0.25) is 4.98 Å². The second kappa shape index (κ2) is 6.73. The van der Waals surface area contributed by atoms with E-state index < -0.39 is 0 Å². The first-order chi connectivity index (χ1) is 12.5. The highest BCUT2D eigenvalue weighted by Crippen LogP contribution is 2.31. The molecule has 2 aromatic heterocycles. The van der Waals surface area contributed by atoms with Gasteiger partial charge in [-0.2, -0.15) is 0 Å². The molecule has 3 nitrogen and oxygen atoms in total. The Morgan fingerprint density at radius 3 is 2.69 bits per heavy atom. The molecule has 0 N–H and O–H groups in total. The van der Waals surface area contributed by atoms with Crippen LogP contribution in [0.5, 0.6) is 0 Å². The average molecular weight is 345 g/mol. The van der Waals surface area contributed by atoms with Gasteiger partial charge in [0.15, 0.2) is 0 Å². The molecule has 0 bridgehead atoms. The van der Waals surface area contributed by atoms with E-state index in [1.54, 1.807) is 0 Å². The van der Waals surface area contributed by atoms with Crippen LogP contribution >= 0.6 is 0 Å². The van der Waals surface area contributed by atoms with Gasteiger partial charge in [-0.05, 0) is 62.2 Å². The van der Waals surface area contributed by atoms with E-state index >= 15 is 0 Å². The molecule has 1 aliphatic rings. The van der Waals surface area contributed by atoms with E-state index in [-0.39, 0.29) is 0 Å². The van der Waals surface area contributed by atoms with Gasteiger partial charge >= 0.3 is 0 Å². The Labute approximate surface area is 156 Å². The number of allylic oxidation sites excluding steroid dienone is 1. The van der Waals surface area contributed by atoms with Crippen LogP contribution in [0.2, 0.25) is 0 Å². The van der Waals surface area contributed by atoms with Crippen molar-refractivity contribution in [1.29, 1.82) is 0 Å². The minimum absolute atomic E-state index is 0.823. The Morgan fingerprint density at radius 1 is 1.12 bits per heavy atom. The van der Waals surface area contributed by atoms with Crippen molar-refractivity contribution >= 4 is 16.5 Å². The Kier molecular flexibility index (Phi) is 4.41. The zero-order valence-corrected chi connectivity index (χ0v) is 16.0. The van der Waals surface area contributed by atoms with Gasteiger partial charge in [0.05, 0.1) is 0 Å². The van der Waals surface area contributed by atoms with Gasteiger partial charge in [0.1, 0.15) is 0 Å². The lowest BCUT2D eigenvalue weighted by atomic mass is 10.1. The summed E-state index contributed by atoms with van der Waals surface area (Å²) < 4.78 is 2.49. The van der Waals surface area contributed by atoms with E-state index in [2.05, 4.69) is 65.3 Å². The zero-order chi connectivity index (χ0) is 18.3. The second-order valence-corrected chi connectivity index (χ2v) is 7.63. The minimum atomic E-state index is 0.823. The fraction of sp³-hybridized carbons (Fsp3) is 0.348. The Bertz CT molecular complexity index is 963. The van der Waals surface area contributed by atoms with Gasteiger partial charge in [0.25, 0.3) is 0 Å². The van der Waals surface area contributed by atoms with E-state index in [1.165, 1.54) is 27.7 Å². The Morgan fingerprint density at radius 2 is 1.92 bits per heavy atom. The molecule has 3 heteroatoms. The van der Waals surface area contributed by atoms with Crippen molar-refractivity contribution in [3.63, 3.8) is 0 Å². The van der Waals surface area contributed by atoms with Crippen molar-refractivity contribution in [2.45, 2.75) is 33.2 Å². The van der Waals surface area contributed by atoms with Crippen LogP contribution in [0.25, 0.3) is 16.5 Å². The standard InChI is InChI=1S/C23H27N3/c1-16-5-8-22-21(13-16)20-9-11-25(4)12-10-23(20)26(22)15-17(2)19-7-6-18(3)24-14-19/h5-8,13-14H,2,9-12,15H2,1,3-4H3. The van der Waals surface area contributed by atoms with E-state index in [0.717, 1.165) is 49.3 Å². The van der Waals surface area contributed by atoms with Crippen LogP contribution in [0, 0.1) is 13.8 Å². The lowest BCUT2D eigenvalue weighted by Gasteiger charge is -2.15. The Hall–Kier alpha value is -2.39. The van der Waals surface area contributed by atoms with E-state index in [4.69, 9.17) is 0 Å². The molecule has 0 radical (unpaired) electrons. The number of nitrogens with zero attached hydrogens (tertiary/aromatic N) is 3. The number of aromatic nitrogens is 2. The number of aryl methyl sites for hydroxylation is 2. The fourth-order valence-electron chi connectivity index (χ4n) is 4.01. The summed E-state index contributed by atoms with van der Waals surface area (Å²) in [6.07, 6.45) is 4.16. The van der Waals surface area contributed by atoms with Gasteiger partial charge < -0.3 is 9.47 Å². The number of rotatable bonds is 3. The fourth-order valence-corrected chi connectivity index (χ4v) is 4.01. The van der Waals surface area contributed by atoms with Crippen LogP contribution in [0.1, 0.15) is 28.1 Å². The molecule has 0 amide bonds. The monoisotopic (exact) mass is 345 g/mol. The summed E-state index contributed by atoms with van der Waals surface area (Å²) in [6.45, 7) is 11.6. The van der Waals surface area contributed by atoms with Crippen LogP contribution < -0.4 is 0 Å². The molecule has 0 spiro atoms. The number of pyridine rings is 1. The molecule has 1 aliphatic heterocycles. The first-order valence-corrected chi connectivity index (χ1v) is 9.43. The predicted molar refractivity (Wildman–Crippen MR) is 110 cm³/mol. The number of benzene rings is 1. The van der Waals surface area contributed by atoms with Crippen molar-refractivity contribution in [3.8, 4) is 0 Å². The molecule has 3 aromatic rings. The van der Waals surface area contributed by atoms with Gasteiger partial charge in [0, 0.05) is 54.5 Å². The highest BCUT2D eigenvalue weighted by Gasteiger charge is 2.21. The highest BCUT2D eigenvalue weighted by molar-refractivity contribution is 5.87. The third-order valence-electron chi connectivity index (χ3n) is 5.58. The number of hydrogen-bond donors (Lipinski definition) is 0. The third-order valence-corrected chi connectivity index (χ3v) is 5.58. The smallest absolute Gasteiger partial charge is 0.0488 e. The number of likely N-dealkylation sites (N-methyl/N-ethyl adjacent to an activating group) is 1. The highest BCUT2D eigenvalue weighted by atomic mass is 15.1. The van der Waals surface area contributed by atoms with Crippen LogP contribution in [-0.4, -0.2) is 34.6 Å². The van der Waals surface area contributed by atoms with Crippen LogP contribution in [-0.2, 0) is 19.4 Å². The maximum absolute atomic E-state index is 4.44. The molecule has 134 valence electrons. The molecule has 0 unspecified atom stereocenters. The minimum Gasteiger partial charge on any atom is -0.340 e. The predicted octanol–water partition coefficient (Wildman–Crippen LogP) is 4.40. The van der Waals surface area contributed by atoms with E-state index in [0.29, 0.717) is 0 Å². The summed E-state index contributed by atoms with van der Waals surface area (Å²) >= 11 is 0. The maximum Gasteiger partial charge on any atom is 0.0488 e. The number of hydrogen-bond acceptors (Lipinski definition) is 2. The summed E-state index contributed by atoms with van der Waals surface area (Å²) in [5, 5.41) is 1.42. The maximum atomic E-state index is 4.44. The molecule has 4 rings (SSSR count). The van der Waals surface area contributed by atoms with Crippen LogP contribution in [0.3, 0.4) is 0 Å². The lowest BCUT2D eigenvalue weighted by Crippen LogP contribution is -2.21. The molecular formula is C23H27N3. The summed E-state index contributed by atoms with van der Waals surface area (Å²) in [5.74, 6) is 0. The van der Waals surface area contributed by atoms with Crippen molar-refractivity contribution in [2.75, 3.05) is 20.1 Å². The molecule has 26 heavy (non-hydrogen) atoms. The first kappa shape index (κ1) is 17.0. The molecule has 0 fully saturated rings. The van der Waals surface area contributed by atoms with Crippen LogP contribution in [0.15, 0.2) is 43.1 Å². The Balaban J connectivity index is 1.79.